The quantitative estimate of drug-likeness (QED) is 0.803. The minimum absolute atomic E-state index is 0.132. The van der Waals surface area contributed by atoms with Crippen molar-refractivity contribution in [2.75, 3.05) is 31.6 Å². The lowest BCUT2D eigenvalue weighted by Crippen LogP contribution is -2.56. The lowest BCUT2D eigenvalue weighted by molar-refractivity contribution is 0.0437. The van der Waals surface area contributed by atoms with E-state index in [1.165, 1.54) is 31.6 Å². The smallest absolute Gasteiger partial charge is 0.197 e. The van der Waals surface area contributed by atoms with Crippen LogP contribution in [-0.4, -0.2) is 53.5 Å². The summed E-state index contributed by atoms with van der Waals surface area (Å²) in [6, 6.07) is 7.03. The maximum atomic E-state index is 13.0. The SMILES string of the molecule is CSCC[C@H]1CN2CCC[C@H]2CN1Cc1coc2ccc(C)cc2c1=O. The van der Waals surface area contributed by atoms with Crippen molar-refractivity contribution in [1.29, 1.82) is 0 Å². The Bertz CT molecular complexity index is 834. The number of hydrogen-bond acceptors (Lipinski definition) is 5. The molecule has 26 heavy (non-hydrogen) atoms. The fourth-order valence-corrected chi connectivity index (χ4v) is 4.99. The van der Waals surface area contributed by atoms with Gasteiger partial charge >= 0.3 is 0 Å². The molecule has 140 valence electrons. The van der Waals surface area contributed by atoms with Gasteiger partial charge in [-0.05, 0) is 56.9 Å². The molecule has 0 bridgehead atoms. The Balaban J connectivity index is 1.60. The average Bonchev–Trinajstić information content (AvgIpc) is 3.09. The molecular weight excluding hydrogens is 344 g/mol. The summed E-state index contributed by atoms with van der Waals surface area (Å²) in [7, 11) is 0. The monoisotopic (exact) mass is 372 g/mol. The Kier molecular flexibility index (Phi) is 5.39. The number of fused-ring (bicyclic) bond motifs is 2. The lowest BCUT2D eigenvalue weighted by Gasteiger charge is -2.43. The van der Waals surface area contributed by atoms with Gasteiger partial charge in [-0.15, -0.1) is 0 Å². The van der Waals surface area contributed by atoms with E-state index in [-0.39, 0.29) is 5.43 Å². The highest BCUT2D eigenvalue weighted by molar-refractivity contribution is 7.98. The Morgan fingerprint density at radius 2 is 2.19 bits per heavy atom. The van der Waals surface area contributed by atoms with E-state index in [1.54, 1.807) is 6.26 Å². The van der Waals surface area contributed by atoms with Crippen LogP contribution in [0.15, 0.2) is 33.7 Å². The summed E-state index contributed by atoms with van der Waals surface area (Å²) in [5.74, 6) is 1.17. The zero-order valence-corrected chi connectivity index (χ0v) is 16.6. The van der Waals surface area contributed by atoms with Crippen molar-refractivity contribution in [3.05, 3.63) is 45.8 Å². The second-order valence-corrected chi connectivity index (χ2v) is 8.73. The molecule has 0 saturated carbocycles. The Labute approximate surface area is 159 Å². The largest absolute Gasteiger partial charge is 0.464 e. The van der Waals surface area contributed by atoms with Crippen LogP contribution < -0.4 is 5.43 Å². The van der Waals surface area contributed by atoms with Gasteiger partial charge in [-0.25, -0.2) is 0 Å². The zero-order chi connectivity index (χ0) is 18.1. The van der Waals surface area contributed by atoms with Crippen LogP contribution in [-0.2, 0) is 6.54 Å². The van der Waals surface area contributed by atoms with E-state index in [1.807, 2.05) is 36.9 Å². The summed E-state index contributed by atoms with van der Waals surface area (Å²) in [4.78, 5) is 18.2. The van der Waals surface area contributed by atoms with Gasteiger partial charge in [0.15, 0.2) is 5.43 Å². The number of hydrogen-bond donors (Lipinski definition) is 0. The van der Waals surface area contributed by atoms with Gasteiger partial charge in [-0.1, -0.05) is 11.6 Å². The molecule has 1 aromatic heterocycles. The highest BCUT2D eigenvalue weighted by Gasteiger charge is 2.36. The first-order chi connectivity index (χ1) is 12.7. The number of piperazine rings is 1. The topological polar surface area (TPSA) is 36.7 Å². The second-order valence-electron chi connectivity index (χ2n) is 7.75. The summed E-state index contributed by atoms with van der Waals surface area (Å²) in [6.07, 6.45) is 7.64. The predicted molar refractivity (Wildman–Crippen MR) is 109 cm³/mol. The fraction of sp³-hybridized carbons (Fsp3) is 0.571. The van der Waals surface area contributed by atoms with E-state index in [2.05, 4.69) is 16.1 Å². The highest BCUT2D eigenvalue weighted by Crippen LogP contribution is 2.27. The molecule has 2 saturated heterocycles. The van der Waals surface area contributed by atoms with Crippen LogP contribution in [0.4, 0.5) is 0 Å². The molecule has 4 rings (SSSR count). The number of rotatable bonds is 5. The minimum atomic E-state index is 0.132. The summed E-state index contributed by atoms with van der Waals surface area (Å²) in [5.41, 5.74) is 2.71. The van der Waals surface area contributed by atoms with Crippen LogP contribution in [0, 0.1) is 6.92 Å². The molecule has 0 spiro atoms. The zero-order valence-electron chi connectivity index (χ0n) is 15.7. The fourth-order valence-electron chi connectivity index (χ4n) is 4.48. The molecule has 3 heterocycles. The normalized spacial score (nSPS) is 24.2. The van der Waals surface area contributed by atoms with Crippen molar-refractivity contribution in [3.63, 3.8) is 0 Å². The van der Waals surface area contributed by atoms with Crippen molar-refractivity contribution in [3.8, 4) is 0 Å². The molecule has 0 amide bonds. The van der Waals surface area contributed by atoms with Gasteiger partial charge in [0.2, 0.25) is 0 Å². The van der Waals surface area contributed by atoms with E-state index in [9.17, 15) is 4.79 Å². The Morgan fingerprint density at radius 3 is 3.04 bits per heavy atom. The molecule has 2 fully saturated rings. The number of nitrogens with zero attached hydrogens (tertiary/aromatic N) is 2. The van der Waals surface area contributed by atoms with Crippen LogP contribution in [0.2, 0.25) is 0 Å². The molecule has 2 aliphatic heterocycles. The van der Waals surface area contributed by atoms with Crippen LogP contribution >= 0.6 is 11.8 Å². The van der Waals surface area contributed by atoms with Crippen LogP contribution in [0.25, 0.3) is 11.0 Å². The van der Waals surface area contributed by atoms with Crippen LogP contribution in [0.5, 0.6) is 0 Å². The summed E-state index contributed by atoms with van der Waals surface area (Å²) < 4.78 is 5.78. The van der Waals surface area contributed by atoms with Gasteiger partial charge < -0.3 is 4.42 Å². The standard InChI is InChI=1S/C21H28N2O2S/c1-15-5-6-20-19(10-15)21(24)16(14-25-20)11-23-13-17-4-3-8-22(17)12-18(23)7-9-26-2/h5-6,10,14,17-18H,3-4,7-9,11-13H2,1-2H3/t17-,18-/m0/s1. The lowest BCUT2D eigenvalue weighted by atomic mass is 10.0. The molecule has 2 aromatic rings. The predicted octanol–water partition coefficient (Wildman–Crippen LogP) is 3.50. The van der Waals surface area contributed by atoms with Gasteiger partial charge in [0.1, 0.15) is 5.58 Å². The maximum absolute atomic E-state index is 13.0. The first-order valence-electron chi connectivity index (χ1n) is 9.64. The molecule has 4 nitrogen and oxygen atoms in total. The van der Waals surface area contributed by atoms with Gasteiger partial charge in [0.05, 0.1) is 11.6 Å². The average molecular weight is 373 g/mol. The molecule has 1 aromatic carbocycles. The minimum Gasteiger partial charge on any atom is -0.464 e. The Hall–Kier alpha value is -1.30. The Morgan fingerprint density at radius 1 is 1.31 bits per heavy atom. The van der Waals surface area contributed by atoms with Crippen molar-refractivity contribution < 1.29 is 4.42 Å². The number of benzene rings is 1. The molecule has 0 N–H and O–H groups in total. The van der Waals surface area contributed by atoms with E-state index in [0.717, 1.165) is 24.2 Å². The van der Waals surface area contributed by atoms with Gasteiger partial charge in [0, 0.05) is 37.3 Å². The number of thioether (sulfide) groups is 1. The molecule has 0 aliphatic carbocycles. The third-order valence-corrected chi connectivity index (χ3v) is 6.58. The summed E-state index contributed by atoms with van der Waals surface area (Å²) in [5, 5.41) is 0.711. The summed E-state index contributed by atoms with van der Waals surface area (Å²) >= 11 is 1.91. The van der Waals surface area contributed by atoms with E-state index in [4.69, 9.17) is 4.42 Å². The molecule has 0 unspecified atom stereocenters. The van der Waals surface area contributed by atoms with Gasteiger partial charge in [-0.3, -0.25) is 14.6 Å². The first-order valence-corrected chi connectivity index (χ1v) is 11.0. The number of aryl methyl sites for hydroxylation is 1. The molecule has 2 aliphatic rings. The van der Waals surface area contributed by atoms with Crippen molar-refractivity contribution in [1.82, 2.24) is 9.80 Å². The van der Waals surface area contributed by atoms with Crippen molar-refractivity contribution >= 4 is 22.7 Å². The summed E-state index contributed by atoms with van der Waals surface area (Å²) in [6.45, 7) is 6.18. The molecular formula is C21H28N2O2S. The van der Waals surface area contributed by atoms with E-state index >= 15 is 0 Å². The van der Waals surface area contributed by atoms with Crippen molar-refractivity contribution in [2.24, 2.45) is 0 Å². The molecule has 0 radical (unpaired) electrons. The maximum Gasteiger partial charge on any atom is 0.197 e. The third-order valence-electron chi connectivity index (χ3n) is 5.93. The molecule has 5 heteroatoms. The van der Waals surface area contributed by atoms with Gasteiger partial charge in [-0.2, -0.15) is 11.8 Å². The second kappa shape index (κ2) is 7.75. The van der Waals surface area contributed by atoms with E-state index < -0.39 is 0 Å². The van der Waals surface area contributed by atoms with Gasteiger partial charge in [0.25, 0.3) is 0 Å². The van der Waals surface area contributed by atoms with Crippen LogP contribution in [0.3, 0.4) is 0 Å². The van der Waals surface area contributed by atoms with Crippen LogP contribution in [0.1, 0.15) is 30.4 Å². The third kappa shape index (κ3) is 3.57. The highest BCUT2D eigenvalue weighted by atomic mass is 32.2. The van der Waals surface area contributed by atoms with E-state index in [0.29, 0.717) is 29.6 Å². The molecule has 2 atom stereocenters. The first kappa shape index (κ1) is 18.1. The van der Waals surface area contributed by atoms with Crippen molar-refractivity contribution in [2.45, 2.75) is 44.8 Å².